The number of nitrogens with zero attached hydrogens (tertiary/aromatic N) is 2. The smallest absolute Gasteiger partial charge is 0.254 e. The summed E-state index contributed by atoms with van der Waals surface area (Å²) in [6.45, 7) is 3.45. The molecular formula is C18H19ClFN3O. The highest BCUT2D eigenvalue weighted by molar-refractivity contribution is 6.31. The summed E-state index contributed by atoms with van der Waals surface area (Å²) in [6.07, 6.45) is 0. The number of carbonyl (C=O) groups is 1. The Balaban J connectivity index is 1.58. The van der Waals surface area contributed by atoms with Crippen molar-refractivity contribution in [3.05, 3.63) is 64.4 Å². The van der Waals surface area contributed by atoms with E-state index in [9.17, 15) is 9.18 Å². The first-order chi connectivity index (χ1) is 11.5. The summed E-state index contributed by atoms with van der Waals surface area (Å²) in [6, 6.07) is 11.5. The lowest BCUT2D eigenvalue weighted by Gasteiger charge is -2.35. The van der Waals surface area contributed by atoms with Gasteiger partial charge in [-0.2, -0.15) is 0 Å². The lowest BCUT2D eigenvalue weighted by Crippen LogP contribution is -2.48. The number of rotatable bonds is 3. The monoisotopic (exact) mass is 347 g/mol. The van der Waals surface area contributed by atoms with Crippen LogP contribution in [-0.2, 0) is 6.54 Å². The van der Waals surface area contributed by atoms with E-state index in [1.807, 2.05) is 4.90 Å². The van der Waals surface area contributed by atoms with Crippen molar-refractivity contribution >= 4 is 23.2 Å². The molecule has 1 amide bonds. The molecule has 1 aliphatic rings. The van der Waals surface area contributed by atoms with Gasteiger partial charge in [-0.15, -0.1) is 0 Å². The van der Waals surface area contributed by atoms with Crippen LogP contribution in [0.25, 0.3) is 0 Å². The van der Waals surface area contributed by atoms with Crippen LogP contribution in [0.15, 0.2) is 42.5 Å². The van der Waals surface area contributed by atoms with Crippen LogP contribution in [0.5, 0.6) is 0 Å². The van der Waals surface area contributed by atoms with Crippen LogP contribution in [0.1, 0.15) is 15.9 Å². The molecule has 0 bridgehead atoms. The summed E-state index contributed by atoms with van der Waals surface area (Å²) in [5, 5.41) is 0.438. The van der Waals surface area contributed by atoms with Crippen LogP contribution < -0.4 is 5.73 Å². The van der Waals surface area contributed by atoms with Crippen LogP contribution in [0.3, 0.4) is 0 Å². The predicted molar refractivity (Wildman–Crippen MR) is 93.4 cm³/mol. The number of carbonyl (C=O) groups excluding carboxylic acids is 1. The molecule has 0 aromatic heterocycles. The molecule has 2 N–H and O–H groups in total. The van der Waals surface area contributed by atoms with E-state index in [0.717, 1.165) is 18.7 Å². The number of hydrogen-bond acceptors (Lipinski definition) is 3. The van der Waals surface area contributed by atoms with Gasteiger partial charge in [0, 0.05) is 49.0 Å². The van der Waals surface area contributed by atoms with E-state index < -0.39 is 0 Å². The van der Waals surface area contributed by atoms with E-state index in [1.165, 1.54) is 12.1 Å². The molecule has 2 aromatic carbocycles. The topological polar surface area (TPSA) is 49.6 Å². The first-order valence-electron chi connectivity index (χ1n) is 7.84. The predicted octanol–water partition coefficient (Wildman–Crippen LogP) is 3.02. The molecule has 1 fully saturated rings. The molecule has 4 nitrogen and oxygen atoms in total. The van der Waals surface area contributed by atoms with Crippen molar-refractivity contribution in [2.75, 3.05) is 31.9 Å². The molecule has 126 valence electrons. The zero-order valence-electron chi connectivity index (χ0n) is 13.2. The first kappa shape index (κ1) is 16.7. The maximum absolute atomic E-state index is 13.1. The number of benzene rings is 2. The van der Waals surface area contributed by atoms with Crippen LogP contribution in [0, 0.1) is 5.82 Å². The van der Waals surface area contributed by atoms with Gasteiger partial charge in [0.25, 0.3) is 5.91 Å². The highest BCUT2D eigenvalue weighted by Crippen LogP contribution is 2.20. The van der Waals surface area contributed by atoms with E-state index in [-0.39, 0.29) is 11.7 Å². The highest BCUT2D eigenvalue weighted by atomic mass is 35.5. The second-order valence-corrected chi connectivity index (χ2v) is 6.34. The summed E-state index contributed by atoms with van der Waals surface area (Å²) < 4.78 is 13.1. The maximum Gasteiger partial charge on any atom is 0.254 e. The molecule has 24 heavy (non-hydrogen) atoms. The minimum absolute atomic E-state index is 0.00163. The molecule has 0 atom stereocenters. The third kappa shape index (κ3) is 3.86. The fraction of sp³-hybridized carbons (Fsp3) is 0.278. The first-order valence-corrected chi connectivity index (χ1v) is 8.22. The Morgan fingerprint density at radius 3 is 2.54 bits per heavy atom. The molecule has 0 saturated carbocycles. The van der Waals surface area contributed by atoms with Gasteiger partial charge in [0.15, 0.2) is 0 Å². The van der Waals surface area contributed by atoms with Gasteiger partial charge < -0.3 is 10.6 Å². The number of hydrogen-bond donors (Lipinski definition) is 1. The number of nitrogen functional groups attached to an aromatic ring is 1. The number of halogens is 2. The fourth-order valence-corrected chi connectivity index (χ4v) is 3.08. The lowest BCUT2D eigenvalue weighted by atomic mass is 10.1. The zero-order valence-corrected chi connectivity index (χ0v) is 14.0. The van der Waals surface area contributed by atoms with Gasteiger partial charge in [-0.1, -0.05) is 23.7 Å². The van der Waals surface area contributed by atoms with Crippen molar-refractivity contribution in [2.24, 2.45) is 0 Å². The van der Waals surface area contributed by atoms with Gasteiger partial charge in [0.1, 0.15) is 5.82 Å². The van der Waals surface area contributed by atoms with Crippen LogP contribution in [0.4, 0.5) is 10.1 Å². The van der Waals surface area contributed by atoms with Crippen LogP contribution in [0.2, 0.25) is 5.02 Å². The average molecular weight is 348 g/mol. The number of nitrogens with two attached hydrogens (primary N) is 1. The summed E-state index contributed by atoms with van der Waals surface area (Å²) in [7, 11) is 0. The van der Waals surface area contributed by atoms with E-state index in [4.69, 9.17) is 17.3 Å². The maximum atomic E-state index is 13.1. The molecule has 0 spiro atoms. The van der Waals surface area contributed by atoms with E-state index >= 15 is 0 Å². The van der Waals surface area contributed by atoms with Crippen LogP contribution in [-0.4, -0.2) is 41.9 Å². The van der Waals surface area contributed by atoms with Crippen molar-refractivity contribution in [1.82, 2.24) is 9.80 Å². The molecule has 1 saturated heterocycles. The van der Waals surface area contributed by atoms with Gasteiger partial charge in [0.05, 0.1) is 0 Å². The Hall–Kier alpha value is -2.11. The normalized spacial score (nSPS) is 15.5. The third-order valence-electron chi connectivity index (χ3n) is 4.20. The average Bonchev–Trinajstić information content (AvgIpc) is 2.57. The van der Waals surface area contributed by atoms with Crippen molar-refractivity contribution in [1.29, 1.82) is 0 Å². The number of amides is 1. The van der Waals surface area contributed by atoms with Gasteiger partial charge in [-0.05, 0) is 35.9 Å². The summed E-state index contributed by atoms with van der Waals surface area (Å²) >= 11 is 6.08. The molecule has 1 heterocycles. The van der Waals surface area contributed by atoms with E-state index in [0.29, 0.717) is 35.9 Å². The third-order valence-corrected chi connectivity index (χ3v) is 4.55. The highest BCUT2D eigenvalue weighted by Gasteiger charge is 2.22. The SMILES string of the molecule is Nc1cccc(C(=O)N2CCN(Cc3ccc(F)cc3Cl)CC2)c1. The Labute approximate surface area is 145 Å². The second-order valence-electron chi connectivity index (χ2n) is 5.93. The Kier molecular flexibility index (Phi) is 5.02. The summed E-state index contributed by atoms with van der Waals surface area (Å²) in [5.74, 6) is -0.330. The van der Waals surface area contributed by atoms with Gasteiger partial charge >= 0.3 is 0 Å². The molecule has 6 heteroatoms. The summed E-state index contributed by atoms with van der Waals surface area (Å²) in [4.78, 5) is 16.5. The molecule has 0 aliphatic carbocycles. The molecule has 0 unspecified atom stereocenters. The standard InChI is InChI=1S/C18H19ClFN3O/c19-17-11-15(20)5-4-14(17)12-22-6-8-23(9-7-22)18(24)13-2-1-3-16(21)10-13/h1-5,10-11H,6-9,12,21H2. The number of piperazine rings is 1. The van der Waals surface area contributed by atoms with Crippen molar-refractivity contribution in [2.45, 2.75) is 6.54 Å². The minimum Gasteiger partial charge on any atom is -0.399 e. The molecule has 1 aliphatic heterocycles. The largest absolute Gasteiger partial charge is 0.399 e. The molecule has 3 rings (SSSR count). The number of anilines is 1. The van der Waals surface area contributed by atoms with Crippen LogP contribution >= 0.6 is 11.6 Å². The van der Waals surface area contributed by atoms with E-state index in [1.54, 1.807) is 30.3 Å². The molecule has 2 aromatic rings. The van der Waals surface area contributed by atoms with Gasteiger partial charge in [-0.25, -0.2) is 4.39 Å². The lowest BCUT2D eigenvalue weighted by molar-refractivity contribution is 0.0628. The molecule has 0 radical (unpaired) electrons. The molecular weight excluding hydrogens is 329 g/mol. The van der Waals surface area contributed by atoms with Crippen molar-refractivity contribution in [3.8, 4) is 0 Å². The van der Waals surface area contributed by atoms with E-state index in [2.05, 4.69) is 4.90 Å². The van der Waals surface area contributed by atoms with Gasteiger partial charge in [0.2, 0.25) is 0 Å². The second kappa shape index (κ2) is 7.20. The summed E-state index contributed by atoms with van der Waals surface area (Å²) in [5.41, 5.74) is 7.84. The Morgan fingerprint density at radius 1 is 1.12 bits per heavy atom. The Morgan fingerprint density at radius 2 is 1.88 bits per heavy atom. The quantitative estimate of drug-likeness (QED) is 0.868. The van der Waals surface area contributed by atoms with Gasteiger partial charge in [-0.3, -0.25) is 9.69 Å². The Bertz CT molecular complexity index is 745. The minimum atomic E-state index is -0.332. The van der Waals surface area contributed by atoms with Crippen molar-refractivity contribution in [3.63, 3.8) is 0 Å². The van der Waals surface area contributed by atoms with Crippen molar-refractivity contribution < 1.29 is 9.18 Å². The fourth-order valence-electron chi connectivity index (χ4n) is 2.85. The zero-order chi connectivity index (χ0) is 17.1.